The zero-order chi connectivity index (χ0) is 15.7. The van der Waals surface area contributed by atoms with Crippen LogP contribution in [-0.4, -0.2) is 36.5 Å². The van der Waals surface area contributed by atoms with Crippen LogP contribution < -0.4 is 4.90 Å². The second kappa shape index (κ2) is 6.15. The molecule has 0 spiro atoms. The van der Waals surface area contributed by atoms with E-state index in [0.717, 1.165) is 34.7 Å². The summed E-state index contributed by atoms with van der Waals surface area (Å²) in [6.07, 6.45) is 2.27. The molecule has 0 N–H and O–H groups in total. The van der Waals surface area contributed by atoms with Gasteiger partial charge in [-0.15, -0.1) is 11.8 Å². The number of fused-ring (bicyclic) bond motifs is 1. The van der Waals surface area contributed by atoms with Crippen molar-refractivity contribution >= 4 is 28.4 Å². The van der Waals surface area contributed by atoms with Crippen molar-refractivity contribution in [1.82, 2.24) is 4.98 Å². The second-order valence-electron chi connectivity index (χ2n) is 5.64. The molecule has 1 aliphatic rings. The van der Waals surface area contributed by atoms with Crippen molar-refractivity contribution in [2.24, 2.45) is 0 Å². The maximum atomic E-state index is 9.69. The molecule has 0 radical (unpaired) electrons. The Kier molecular flexibility index (Phi) is 4.23. The Hall–Kier alpha value is -1.77. The average molecular weight is 313 g/mol. The number of nitriles is 1. The van der Waals surface area contributed by atoms with E-state index in [1.165, 1.54) is 11.8 Å². The van der Waals surface area contributed by atoms with Crippen LogP contribution in [-0.2, 0) is 4.74 Å². The molecular formula is C17H19N3OS. The monoisotopic (exact) mass is 313 g/mol. The quantitative estimate of drug-likeness (QED) is 0.795. The molecule has 2 unspecified atom stereocenters. The molecule has 2 heterocycles. The molecule has 114 valence electrons. The summed E-state index contributed by atoms with van der Waals surface area (Å²) in [5.41, 5.74) is 2.61. The van der Waals surface area contributed by atoms with Crippen LogP contribution in [0.4, 0.5) is 5.69 Å². The molecule has 0 aliphatic carbocycles. The summed E-state index contributed by atoms with van der Waals surface area (Å²) < 4.78 is 5.83. The number of hydrogen-bond acceptors (Lipinski definition) is 5. The molecule has 1 saturated heterocycles. The number of aromatic nitrogens is 1. The van der Waals surface area contributed by atoms with E-state index in [9.17, 15) is 5.26 Å². The number of anilines is 1. The summed E-state index contributed by atoms with van der Waals surface area (Å²) in [6.45, 7) is 5.74. The molecule has 1 aromatic heterocycles. The zero-order valence-corrected chi connectivity index (χ0v) is 13.9. The van der Waals surface area contributed by atoms with Gasteiger partial charge in [0.05, 0.1) is 23.4 Å². The van der Waals surface area contributed by atoms with Gasteiger partial charge >= 0.3 is 0 Å². The molecule has 22 heavy (non-hydrogen) atoms. The molecule has 3 rings (SSSR count). The van der Waals surface area contributed by atoms with E-state index >= 15 is 0 Å². The van der Waals surface area contributed by atoms with Gasteiger partial charge in [-0.1, -0.05) is 18.2 Å². The Labute approximate surface area is 135 Å². The predicted molar refractivity (Wildman–Crippen MR) is 90.5 cm³/mol. The lowest BCUT2D eigenvalue weighted by Gasteiger charge is -2.37. The van der Waals surface area contributed by atoms with Crippen molar-refractivity contribution in [1.29, 1.82) is 5.26 Å². The number of hydrogen-bond donors (Lipinski definition) is 0. The van der Waals surface area contributed by atoms with Crippen molar-refractivity contribution in [2.45, 2.75) is 31.1 Å². The Morgan fingerprint density at radius 2 is 1.95 bits per heavy atom. The standard InChI is InChI=1S/C17H19N3OS/c1-11-9-20(10-12(2)21-11)16-13-6-4-5-7-15(13)19-17(22-3)14(16)8-18/h4-7,11-12H,9-10H2,1-3H3. The van der Waals surface area contributed by atoms with Crippen molar-refractivity contribution in [3.05, 3.63) is 29.8 Å². The van der Waals surface area contributed by atoms with Crippen molar-refractivity contribution < 1.29 is 4.74 Å². The third-order valence-corrected chi connectivity index (χ3v) is 4.55. The van der Waals surface area contributed by atoms with Gasteiger partial charge in [-0.25, -0.2) is 4.98 Å². The van der Waals surface area contributed by atoms with Gasteiger partial charge in [0.1, 0.15) is 16.7 Å². The fourth-order valence-electron chi connectivity index (χ4n) is 3.11. The first-order valence-corrected chi connectivity index (χ1v) is 8.63. The fourth-order valence-corrected chi connectivity index (χ4v) is 3.65. The third-order valence-electron chi connectivity index (χ3n) is 3.87. The van der Waals surface area contributed by atoms with E-state index in [2.05, 4.69) is 29.8 Å². The molecule has 2 aromatic rings. The highest BCUT2D eigenvalue weighted by Gasteiger charge is 2.27. The molecule has 0 saturated carbocycles. The van der Waals surface area contributed by atoms with Crippen LogP contribution in [0.2, 0.25) is 0 Å². The average Bonchev–Trinajstić information content (AvgIpc) is 2.51. The van der Waals surface area contributed by atoms with Crippen LogP contribution >= 0.6 is 11.8 Å². The number of benzene rings is 1. The summed E-state index contributed by atoms with van der Waals surface area (Å²) in [5.74, 6) is 0. The Bertz CT molecular complexity index is 730. The van der Waals surface area contributed by atoms with Crippen molar-refractivity contribution in [3.8, 4) is 6.07 Å². The summed E-state index contributed by atoms with van der Waals surface area (Å²) in [4.78, 5) is 6.92. The Morgan fingerprint density at radius 1 is 1.27 bits per heavy atom. The number of rotatable bonds is 2. The minimum absolute atomic E-state index is 0.153. The molecular weight excluding hydrogens is 294 g/mol. The molecule has 1 aliphatic heterocycles. The molecule has 2 atom stereocenters. The molecule has 0 bridgehead atoms. The van der Waals surface area contributed by atoms with E-state index in [1.54, 1.807) is 0 Å². The molecule has 0 amide bonds. The van der Waals surface area contributed by atoms with Gasteiger partial charge in [0.25, 0.3) is 0 Å². The van der Waals surface area contributed by atoms with Gasteiger partial charge < -0.3 is 9.64 Å². The van der Waals surface area contributed by atoms with Gasteiger partial charge in [-0.3, -0.25) is 0 Å². The van der Waals surface area contributed by atoms with Crippen molar-refractivity contribution in [2.75, 3.05) is 24.2 Å². The number of morpholine rings is 1. The van der Waals surface area contributed by atoms with Crippen LogP contribution in [0.3, 0.4) is 0 Å². The largest absolute Gasteiger partial charge is 0.372 e. The first-order chi connectivity index (χ1) is 10.6. The third kappa shape index (κ3) is 2.65. The summed E-state index contributed by atoms with van der Waals surface area (Å²) in [6, 6.07) is 10.4. The van der Waals surface area contributed by atoms with Crippen LogP contribution in [0.1, 0.15) is 19.4 Å². The minimum atomic E-state index is 0.153. The minimum Gasteiger partial charge on any atom is -0.372 e. The smallest absolute Gasteiger partial charge is 0.116 e. The summed E-state index contributed by atoms with van der Waals surface area (Å²) in [5, 5.41) is 11.5. The number of thioether (sulfide) groups is 1. The lowest BCUT2D eigenvalue weighted by molar-refractivity contribution is -0.00515. The van der Waals surface area contributed by atoms with E-state index in [-0.39, 0.29) is 12.2 Å². The van der Waals surface area contributed by atoms with E-state index in [0.29, 0.717) is 5.56 Å². The second-order valence-corrected chi connectivity index (χ2v) is 6.43. The van der Waals surface area contributed by atoms with Gasteiger partial charge in [-0.05, 0) is 26.2 Å². The predicted octanol–water partition coefficient (Wildman–Crippen LogP) is 3.44. The molecule has 4 nitrogen and oxygen atoms in total. The maximum absolute atomic E-state index is 9.69. The SMILES string of the molecule is CSc1nc2ccccc2c(N2CC(C)OC(C)C2)c1C#N. The highest BCUT2D eigenvalue weighted by molar-refractivity contribution is 7.98. The normalized spacial score (nSPS) is 21.8. The zero-order valence-electron chi connectivity index (χ0n) is 13.0. The van der Waals surface area contributed by atoms with Crippen LogP contribution in [0.25, 0.3) is 10.9 Å². The molecule has 1 fully saturated rings. The number of nitrogens with zero attached hydrogens (tertiary/aromatic N) is 3. The Balaban J connectivity index is 2.24. The van der Waals surface area contributed by atoms with Gasteiger partial charge in [0, 0.05) is 18.5 Å². The topological polar surface area (TPSA) is 49.2 Å². The van der Waals surface area contributed by atoms with E-state index < -0.39 is 0 Å². The number of para-hydroxylation sites is 1. The van der Waals surface area contributed by atoms with Crippen molar-refractivity contribution in [3.63, 3.8) is 0 Å². The van der Waals surface area contributed by atoms with E-state index in [4.69, 9.17) is 4.74 Å². The molecule has 1 aromatic carbocycles. The summed E-state index contributed by atoms with van der Waals surface area (Å²) >= 11 is 1.52. The van der Waals surface area contributed by atoms with Gasteiger partial charge in [0.15, 0.2) is 0 Å². The fraction of sp³-hybridized carbons (Fsp3) is 0.412. The highest BCUT2D eigenvalue weighted by Crippen LogP contribution is 2.36. The highest BCUT2D eigenvalue weighted by atomic mass is 32.2. The van der Waals surface area contributed by atoms with Gasteiger partial charge in [0.2, 0.25) is 0 Å². The van der Waals surface area contributed by atoms with Crippen LogP contribution in [0.5, 0.6) is 0 Å². The van der Waals surface area contributed by atoms with Crippen LogP contribution in [0.15, 0.2) is 29.3 Å². The van der Waals surface area contributed by atoms with E-state index in [1.807, 2.05) is 30.5 Å². The maximum Gasteiger partial charge on any atom is 0.116 e. The first-order valence-electron chi connectivity index (χ1n) is 7.41. The Morgan fingerprint density at radius 3 is 2.59 bits per heavy atom. The number of pyridine rings is 1. The number of ether oxygens (including phenoxy) is 1. The lowest BCUT2D eigenvalue weighted by Crippen LogP contribution is -2.46. The lowest BCUT2D eigenvalue weighted by atomic mass is 10.1. The first kappa shape index (κ1) is 15.1. The summed E-state index contributed by atoms with van der Waals surface area (Å²) in [7, 11) is 0. The van der Waals surface area contributed by atoms with Crippen LogP contribution in [0, 0.1) is 11.3 Å². The van der Waals surface area contributed by atoms with Gasteiger partial charge in [-0.2, -0.15) is 5.26 Å². The molecule has 5 heteroatoms.